The molecule has 0 bridgehead atoms. The van der Waals surface area contributed by atoms with Gasteiger partial charge in [-0.15, -0.1) is 12.3 Å². The molecule has 0 saturated carbocycles. The smallest absolute Gasteiger partial charge is 0.326 e. The van der Waals surface area contributed by atoms with Gasteiger partial charge in [0.25, 0.3) is 0 Å². The molecule has 1 aliphatic rings. The summed E-state index contributed by atoms with van der Waals surface area (Å²) in [5, 5.41) is 9.38. The van der Waals surface area contributed by atoms with Crippen molar-refractivity contribution >= 4 is 34.5 Å². The molecule has 1 amide bonds. The van der Waals surface area contributed by atoms with Crippen molar-refractivity contribution in [3.05, 3.63) is 33.4 Å². The van der Waals surface area contributed by atoms with E-state index in [4.69, 9.17) is 6.42 Å². The number of aliphatic carboxylic acids is 1. The SMILES string of the molecule is C#CC1CC(=O)N([C@@H](Cc2ccc(I)cc2)C(=O)O)C1. The van der Waals surface area contributed by atoms with E-state index in [2.05, 4.69) is 28.5 Å². The first kappa shape index (κ1) is 14.9. The Labute approximate surface area is 131 Å². The fourth-order valence-electron chi connectivity index (χ4n) is 2.32. The number of amides is 1. The van der Waals surface area contributed by atoms with Gasteiger partial charge >= 0.3 is 5.97 Å². The van der Waals surface area contributed by atoms with Crippen LogP contribution in [0.15, 0.2) is 24.3 Å². The first-order valence-electron chi connectivity index (χ1n) is 6.24. The van der Waals surface area contributed by atoms with Crippen molar-refractivity contribution in [1.29, 1.82) is 0 Å². The molecule has 1 saturated heterocycles. The zero-order valence-electron chi connectivity index (χ0n) is 10.8. The van der Waals surface area contributed by atoms with Gasteiger partial charge in [-0.25, -0.2) is 4.79 Å². The molecule has 0 aliphatic carbocycles. The fourth-order valence-corrected chi connectivity index (χ4v) is 2.68. The Hall–Kier alpha value is -1.55. The Morgan fingerprint density at radius 2 is 2.15 bits per heavy atom. The minimum absolute atomic E-state index is 0.175. The van der Waals surface area contributed by atoms with Gasteiger partial charge < -0.3 is 10.0 Å². The molecular weight excluding hydrogens is 369 g/mol. The van der Waals surface area contributed by atoms with E-state index in [1.165, 1.54) is 4.90 Å². The van der Waals surface area contributed by atoms with E-state index in [1.54, 1.807) is 0 Å². The summed E-state index contributed by atoms with van der Waals surface area (Å²) < 4.78 is 1.09. The summed E-state index contributed by atoms with van der Waals surface area (Å²) in [6.45, 7) is 0.330. The van der Waals surface area contributed by atoms with Gasteiger partial charge in [-0.1, -0.05) is 12.1 Å². The molecule has 1 aliphatic heterocycles. The fraction of sp³-hybridized carbons (Fsp3) is 0.333. The Balaban J connectivity index is 2.16. The van der Waals surface area contributed by atoms with Crippen molar-refractivity contribution in [3.63, 3.8) is 0 Å². The maximum atomic E-state index is 11.9. The van der Waals surface area contributed by atoms with E-state index in [0.29, 0.717) is 13.0 Å². The summed E-state index contributed by atoms with van der Waals surface area (Å²) in [5.41, 5.74) is 0.898. The summed E-state index contributed by atoms with van der Waals surface area (Å²) in [6.07, 6.45) is 5.87. The molecule has 4 nitrogen and oxygen atoms in total. The molecule has 1 unspecified atom stereocenters. The minimum atomic E-state index is -0.991. The third kappa shape index (κ3) is 3.31. The van der Waals surface area contributed by atoms with Crippen molar-refractivity contribution in [2.45, 2.75) is 18.9 Å². The molecule has 5 heteroatoms. The maximum absolute atomic E-state index is 11.9. The first-order chi connectivity index (χ1) is 9.51. The first-order valence-corrected chi connectivity index (χ1v) is 7.32. The number of likely N-dealkylation sites (tertiary alicyclic amines) is 1. The highest BCUT2D eigenvalue weighted by Crippen LogP contribution is 2.22. The largest absolute Gasteiger partial charge is 0.480 e. The lowest BCUT2D eigenvalue weighted by Gasteiger charge is -2.24. The molecule has 1 heterocycles. The molecule has 0 radical (unpaired) electrons. The molecule has 1 aromatic rings. The van der Waals surface area contributed by atoms with Gasteiger partial charge in [0.05, 0.1) is 0 Å². The van der Waals surface area contributed by atoms with Gasteiger partial charge in [0.2, 0.25) is 5.91 Å². The van der Waals surface area contributed by atoms with Crippen LogP contribution in [0.3, 0.4) is 0 Å². The lowest BCUT2D eigenvalue weighted by atomic mass is 10.0. The number of hydrogen-bond donors (Lipinski definition) is 1. The second-order valence-electron chi connectivity index (χ2n) is 4.80. The maximum Gasteiger partial charge on any atom is 0.326 e. The van der Waals surface area contributed by atoms with E-state index in [-0.39, 0.29) is 18.2 Å². The zero-order chi connectivity index (χ0) is 14.7. The standard InChI is InChI=1S/C15H14INO3/c1-2-10-8-14(18)17(9-10)13(15(19)20)7-11-3-5-12(16)6-4-11/h1,3-6,10,13H,7-9H2,(H,19,20)/t10?,13-/m0/s1. The molecule has 1 fully saturated rings. The Morgan fingerprint density at radius 3 is 2.65 bits per heavy atom. The summed E-state index contributed by atoms with van der Waals surface area (Å²) in [5.74, 6) is 1.19. The monoisotopic (exact) mass is 383 g/mol. The van der Waals surface area contributed by atoms with Crippen LogP contribution in [0.1, 0.15) is 12.0 Å². The van der Waals surface area contributed by atoms with Gasteiger partial charge in [-0.2, -0.15) is 0 Å². The van der Waals surface area contributed by atoms with Crippen molar-refractivity contribution < 1.29 is 14.7 Å². The lowest BCUT2D eigenvalue weighted by Crippen LogP contribution is -2.43. The number of rotatable bonds is 4. The summed E-state index contributed by atoms with van der Waals surface area (Å²) >= 11 is 2.19. The quantitative estimate of drug-likeness (QED) is 0.637. The van der Waals surface area contributed by atoms with Crippen molar-refractivity contribution in [2.75, 3.05) is 6.54 Å². The average Bonchev–Trinajstić information content (AvgIpc) is 2.79. The van der Waals surface area contributed by atoms with Crippen molar-refractivity contribution in [1.82, 2.24) is 4.90 Å². The van der Waals surface area contributed by atoms with Crippen LogP contribution in [0.2, 0.25) is 0 Å². The van der Waals surface area contributed by atoms with Crippen LogP contribution >= 0.6 is 22.6 Å². The van der Waals surface area contributed by atoms with E-state index in [9.17, 15) is 14.7 Å². The highest BCUT2D eigenvalue weighted by Gasteiger charge is 2.36. The predicted octanol–water partition coefficient (Wildman–Crippen LogP) is 1.77. The van der Waals surface area contributed by atoms with Crippen molar-refractivity contribution in [3.8, 4) is 12.3 Å². The van der Waals surface area contributed by atoms with E-state index in [0.717, 1.165) is 9.13 Å². The number of benzene rings is 1. The van der Waals surface area contributed by atoms with Gasteiger partial charge in [-0.05, 0) is 40.3 Å². The number of terminal acetylenes is 1. The lowest BCUT2D eigenvalue weighted by molar-refractivity contribution is -0.148. The molecular formula is C15H14INO3. The van der Waals surface area contributed by atoms with Gasteiger partial charge in [0, 0.05) is 28.9 Å². The summed E-state index contributed by atoms with van der Waals surface area (Å²) in [7, 11) is 0. The van der Waals surface area contributed by atoms with Crippen molar-refractivity contribution in [2.24, 2.45) is 5.92 Å². The van der Waals surface area contributed by atoms with Crippen LogP contribution in [0, 0.1) is 21.8 Å². The van der Waals surface area contributed by atoms with Crippen LogP contribution in [0.25, 0.3) is 0 Å². The second kappa shape index (κ2) is 6.27. The summed E-state index contributed by atoms with van der Waals surface area (Å²) in [4.78, 5) is 24.7. The molecule has 104 valence electrons. The molecule has 1 N–H and O–H groups in total. The van der Waals surface area contributed by atoms with Crippen LogP contribution in [0.5, 0.6) is 0 Å². The minimum Gasteiger partial charge on any atom is -0.480 e. The highest BCUT2D eigenvalue weighted by molar-refractivity contribution is 14.1. The predicted molar refractivity (Wildman–Crippen MR) is 82.9 cm³/mol. The number of carbonyl (C=O) groups excluding carboxylic acids is 1. The number of carboxylic acid groups (broad SMARTS) is 1. The number of carbonyl (C=O) groups is 2. The van der Waals surface area contributed by atoms with E-state index >= 15 is 0 Å². The molecule has 0 spiro atoms. The molecule has 2 rings (SSSR count). The summed E-state index contributed by atoms with van der Waals surface area (Å²) in [6, 6.07) is 6.77. The Bertz CT molecular complexity index is 561. The second-order valence-corrected chi connectivity index (χ2v) is 6.04. The van der Waals surface area contributed by atoms with Gasteiger partial charge in [-0.3, -0.25) is 4.79 Å². The highest BCUT2D eigenvalue weighted by atomic mass is 127. The van der Waals surface area contributed by atoms with Crippen LogP contribution in [-0.2, 0) is 16.0 Å². The normalized spacial score (nSPS) is 19.7. The Kier molecular flexibility index (Phi) is 4.65. The molecule has 0 aromatic heterocycles. The third-order valence-corrected chi connectivity index (χ3v) is 4.12. The van der Waals surface area contributed by atoms with Gasteiger partial charge in [0.15, 0.2) is 0 Å². The topological polar surface area (TPSA) is 57.6 Å². The van der Waals surface area contributed by atoms with E-state index in [1.807, 2.05) is 24.3 Å². The van der Waals surface area contributed by atoms with Crippen LogP contribution in [0.4, 0.5) is 0 Å². The third-order valence-electron chi connectivity index (χ3n) is 3.40. The number of carboxylic acids is 1. The zero-order valence-corrected chi connectivity index (χ0v) is 12.9. The van der Waals surface area contributed by atoms with E-state index < -0.39 is 12.0 Å². The number of nitrogens with zero attached hydrogens (tertiary/aromatic N) is 1. The molecule has 20 heavy (non-hydrogen) atoms. The number of hydrogen-bond acceptors (Lipinski definition) is 2. The average molecular weight is 383 g/mol. The van der Waals surface area contributed by atoms with Crippen LogP contribution in [-0.4, -0.2) is 34.5 Å². The van der Waals surface area contributed by atoms with Crippen LogP contribution < -0.4 is 0 Å². The molecule has 2 atom stereocenters. The number of halogens is 1. The molecule has 1 aromatic carbocycles. The van der Waals surface area contributed by atoms with Gasteiger partial charge in [0.1, 0.15) is 6.04 Å². The Morgan fingerprint density at radius 1 is 1.50 bits per heavy atom.